The van der Waals surface area contributed by atoms with Crippen molar-refractivity contribution in [2.75, 3.05) is 39.8 Å². The Balaban J connectivity index is 0.00000225. The first-order valence-corrected chi connectivity index (χ1v) is 8.89. The van der Waals surface area contributed by atoms with E-state index in [1.807, 2.05) is 19.2 Å². The van der Waals surface area contributed by atoms with E-state index in [9.17, 15) is 5.11 Å². The van der Waals surface area contributed by atoms with Gasteiger partial charge in [-0.05, 0) is 37.0 Å². The molecule has 2 aliphatic heterocycles. The maximum atomic E-state index is 9.31. The number of guanidine groups is 1. The Morgan fingerprint density at radius 1 is 1.24 bits per heavy atom. The summed E-state index contributed by atoms with van der Waals surface area (Å²) in [6.45, 7) is 5.26. The molecule has 6 heteroatoms. The van der Waals surface area contributed by atoms with Gasteiger partial charge in [0.05, 0.1) is 0 Å². The predicted molar refractivity (Wildman–Crippen MR) is 114 cm³/mol. The monoisotopic (exact) mass is 456 g/mol. The van der Waals surface area contributed by atoms with Gasteiger partial charge in [-0.15, -0.1) is 24.0 Å². The number of hydrogen-bond donors (Lipinski definition) is 2. The molecule has 2 N–H and O–H groups in total. The Morgan fingerprint density at radius 2 is 1.96 bits per heavy atom. The zero-order chi connectivity index (χ0) is 16.8. The van der Waals surface area contributed by atoms with Crippen LogP contribution in [0.1, 0.15) is 18.4 Å². The molecule has 2 heterocycles. The summed E-state index contributed by atoms with van der Waals surface area (Å²) in [5, 5.41) is 12.8. The van der Waals surface area contributed by atoms with Crippen molar-refractivity contribution >= 4 is 29.9 Å². The van der Waals surface area contributed by atoms with Crippen LogP contribution in [0.5, 0.6) is 5.75 Å². The second-order valence-corrected chi connectivity index (χ2v) is 6.56. The highest BCUT2D eigenvalue weighted by atomic mass is 127. The van der Waals surface area contributed by atoms with Crippen LogP contribution in [0.4, 0.5) is 0 Å². The Hall–Kier alpha value is -1.28. The van der Waals surface area contributed by atoms with E-state index in [4.69, 9.17) is 0 Å². The highest BCUT2D eigenvalue weighted by molar-refractivity contribution is 14.0. The Bertz CT molecular complexity index is 580. The summed E-state index contributed by atoms with van der Waals surface area (Å²) in [7, 11) is 1.87. The van der Waals surface area contributed by atoms with Crippen LogP contribution in [-0.2, 0) is 6.42 Å². The van der Waals surface area contributed by atoms with Gasteiger partial charge in [-0.25, -0.2) is 0 Å². The maximum absolute atomic E-state index is 9.31. The van der Waals surface area contributed by atoms with E-state index in [2.05, 4.69) is 32.3 Å². The summed E-state index contributed by atoms with van der Waals surface area (Å²) in [6, 6.07) is 8.12. The molecule has 1 saturated heterocycles. The third-order valence-corrected chi connectivity index (χ3v) is 4.90. The van der Waals surface area contributed by atoms with Gasteiger partial charge in [0.1, 0.15) is 5.75 Å². The Labute approximate surface area is 167 Å². The molecule has 25 heavy (non-hydrogen) atoms. The highest BCUT2D eigenvalue weighted by Crippen LogP contribution is 2.18. The van der Waals surface area contributed by atoms with Crippen LogP contribution in [0, 0.1) is 0 Å². The number of aromatic hydroxyl groups is 1. The fourth-order valence-electron chi connectivity index (χ4n) is 3.51. The summed E-state index contributed by atoms with van der Waals surface area (Å²) in [5.74, 6) is 1.35. The molecule has 2 aliphatic rings. The number of halogens is 1. The molecule has 1 aromatic carbocycles. The fraction of sp³-hybridized carbons (Fsp3) is 0.526. The number of benzene rings is 1. The topological polar surface area (TPSA) is 51.1 Å². The smallest absolute Gasteiger partial charge is 0.193 e. The van der Waals surface area contributed by atoms with Crippen LogP contribution in [0.25, 0.3) is 0 Å². The SMILES string of the molecule is CN=C(NCCCc1ccc(O)cc1)N1CCC(N2CC=CC2)C1.I. The lowest BCUT2D eigenvalue weighted by Gasteiger charge is -2.25. The van der Waals surface area contributed by atoms with E-state index in [-0.39, 0.29) is 24.0 Å². The second-order valence-electron chi connectivity index (χ2n) is 6.56. The van der Waals surface area contributed by atoms with Crippen molar-refractivity contribution < 1.29 is 5.11 Å². The minimum atomic E-state index is 0. The summed E-state index contributed by atoms with van der Waals surface area (Å²) >= 11 is 0. The van der Waals surface area contributed by atoms with Crippen molar-refractivity contribution in [1.29, 1.82) is 0 Å². The van der Waals surface area contributed by atoms with Crippen molar-refractivity contribution in [3.05, 3.63) is 42.0 Å². The maximum Gasteiger partial charge on any atom is 0.193 e. The van der Waals surface area contributed by atoms with Crippen LogP contribution in [0.15, 0.2) is 41.4 Å². The average molecular weight is 456 g/mol. The Kier molecular flexibility index (Phi) is 8.02. The minimum absolute atomic E-state index is 0. The van der Waals surface area contributed by atoms with Crippen molar-refractivity contribution in [3.63, 3.8) is 0 Å². The van der Waals surface area contributed by atoms with E-state index >= 15 is 0 Å². The first kappa shape index (κ1) is 20.0. The molecule has 0 bridgehead atoms. The van der Waals surface area contributed by atoms with Gasteiger partial charge in [0.25, 0.3) is 0 Å². The van der Waals surface area contributed by atoms with Gasteiger partial charge in [-0.1, -0.05) is 24.3 Å². The van der Waals surface area contributed by atoms with Crippen molar-refractivity contribution in [1.82, 2.24) is 15.1 Å². The number of hydrogen-bond acceptors (Lipinski definition) is 3. The van der Waals surface area contributed by atoms with Crippen LogP contribution in [-0.4, -0.2) is 66.7 Å². The molecule has 138 valence electrons. The third-order valence-electron chi connectivity index (χ3n) is 4.90. The molecule has 0 radical (unpaired) electrons. The number of phenolic OH excluding ortho intramolecular Hbond substituents is 1. The number of phenols is 1. The number of rotatable bonds is 5. The van der Waals surface area contributed by atoms with Crippen molar-refractivity contribution in [3.8, 4) is 5.75 Å². The molecule has 1 unspecified atom stereocenters. The van der Waals surface area contributed by atoms with E-state index in [1.54, 1.807) is 12.1 Å². The molecule has 0 aromatic heterocycles. The lowest BCUT2D eigenvalue weighted by Crippen LogP contribution is -2.43. The minimum Gasteiger partial charge on any atom is -0.508 e. The normalized spacial score (nSPS) is 20.8. The number of likely N-dealkylation sites (tertiary alicyclic amines) is 1. The molecule has 0 amide bonds. The van der Waals surface area contributed by atoms with Gasteiger partial charge in [-0.3, -0.25) is 9.89 Å². The van der Waals surface area contributed by atoms with Gasteiger partial charge in [0.2, 0.25) is 0 Å². The van der Waals surface area contributed by atoms with Gasteiger partial charge in [0.15, 0.2) is 5.96 Å². The van der Waals surface area contributed by atoms with Crippen LogP contribution < -0.4 is 5.32 Å². The highest BCUT2D eigenvalue weighted by Gasteiger charge is 2.29. The first-order valence-electron chi connectivity index (χ1n) is 8.89. The molecule has 1 atom stereocenters. The van der Waals surface area contributed by atoms with Gasteiger partial charge < -0.3 is 15.3 Å². The zero-order valence-electron chi connectivity index (χ0n) is 14.9. The molecule has 5 nitrogen and oxygen atoms in total. The largest absolute Gasteiger partial charge is 0.508 e. The summed E-state index contributed by atoms with van der Waals surface area (Å²) < 4.78 is 0. The van der Waals surface area contributed by atoms with Crippen LogP contribution in [0.2, 0.25) is 0 Å². The molecule has 3 rings (SSSR count). The average Bonchev–Trinajstić information content (AvgIpc) is 3.28. The van der Waals surface area contributed by atoms with E-state index in [0.717, 1.165) is 51.5 Å². The molecular weight excluding hydrogens is 427 g/mol. The number of nitrogens with zero attached hydrogens (tertiary/aromatic N) is 3. The fourth-order valence-corrected chi connectivity index (χ4v) is 3.51. The van der Waals surface area contributed by atoms with E-state index in [0.29, 0.717) is 11.8 Å². The molecular formula is C19H29IN4O. The quantitative estimate of drug-likeness (QED) is 0.235. The molecule has 1 aromatic rings. The molecule has 1 fully saturated rings. The predicted octanol–water partition coefficient (Wildman–Crippen LogP) is 2.46. The number of nitrogens with one attached hydrogen (secondary N) is 1. The summed E-state index contributed by atoms with van der Waals surface area (Å²) in [5.41, 5.74) is 1.26. The second kappa shape index (κ2) is 10.0. The number of aliphatic imine (C=N–C) groups is 1. The van der Waals surface area contributed by atoms with E-state index < -0.39 is 0 Å². The van der Waals surface area contributed by atoms with Crippen LogP contribution in [0.3, 0.4) is 0 Å². The first-order chi connectivity index (χ1) is 11.8. The number of aryl methyl sites for hydroxylation is 1. The van der Waals surface area contributed by atoms with E-state index in [1.165, 1.54) is 12.0 Å². The third kappa shape index (κ3) is 5.60. The lowest BCUT2D eigenvalue weighted by atomic mass is 10.1. The lowest BCUT2D eigenvalue weighted by molar-refractivity contribution is 0.259. The zero-order valence-corrected chi connectivity index (χ0v) is 17.2. The van der Waals surface area contributed by atoms with Crippen molar-refractivity contribution in [2.24, 2.45) is 4.99 Å². The van der Waals surface area contributed by atoms with Crippen molar-refractivity contribution in [2.45, 2.75) is 25.3 Å². The van der Waals surface area contributed by atoms with Crippen LogP contribution >= 0.6 is 24.0 Å². The standard InChI is InChI=1S/C19H28N4O.HI/c1-20-19(21-11-4-5-16-6-8-18(24)9-7-16)23-14-10-17(15-23)22-12-2-3-13-22;/h2-3,6-9,17,24H,4-5,10-15H2,1H3,(H,20,21);1H. The molecule has 0 saturated carbocycles. The molecule has 0 aliphatic carbocycles. The summed E-state index contributed by atoms with van der Waals surface area (Å²) in [6.07, 6.45) is 7.80. The van der Waals surface area contributed by atoms with Gasteiger partial charge >= 0.3 is 0 Å². The Morgan fingerprint density at radius 3 is 2.64 bits per heavy atom. The molecule has 0 spiro atoms. The summed E-state index contributed by atoms with van der Waals surface area (Å²) in [4.78, 5) is 9.37. The van der Waals surface area contributed by atoms with Gasteiger partial charge in [-0.2, -0.15) is 0 Å². The van der Waals surface area contributed by atoms with Gasteiger partial charge in [0, 0.05) is 45.8 Å².